The predicted octanol–water partition coefficient (Wildman–Crippen LogP) is 0.988. The maximum absolute atomic E-state index is 13.4. The van der Waals surface area contributed by atoms with Crippen molar-refractivity contribution in [1.29, 1.82) is 0 Å². The van der Waals surface area contributed by atoms with Crippen LogP contribution in [0.25, 0.3) is 0 Å². The molecule has 0 fully saturated rings. The molecule has 0 saturated heterocycles. The van der Waals surface area contributed by atoms with Crippen molar-refractivity contribution < 1.29 is 23.1 Å². The molecule has 3 heterocycles. The molecule has 3 atom stereocenters. The molecule has 0 bridgehead atoms. The van der Waals surface area contributed by atoms with E-state index in [0.717, 1.165) is 11.8 Å². The van der Waals surface area contributed by atoms with Gasteiger partial charge in [0.05, 0.1) is 25.4 Å². The van der Waals surface area contributed by atoms with E-state index in [1.807, 2.05) is 13.0 Å². The molecule has 0 saturated carbocycles. The van der Waals surface area contributed by atoms with Crippen molar-refractivity contribution in [3.8, 4) is 17.7 Å². The summed E-state index contributed by atoms with van der Waals surface area (Å²) in [6.07, 6.45) is 5.38. The predicted molar refractivity (Wildman–Crippen MR) is 123 cm³/mol. The second kappa shape index (κ2) is 10.3. The standard InChI is InChI=1S/C23H28N4O5S/c1-16-13-27(17(2)15-28)23(29)20-10-19(8-7-18-6-5-9-24-11-18)12-25-22(20)32-21(16)14-26(3)33(4,30)31/h5-6,9-12,16-17,21,28H,13-15H2,1-4H3/t16-,17-,21+/m1/s1. The summed E-state index contributed by atoms with van der Waals surface area (Å²) in [5.41, 5.74) is 1.46. The fourth-order valence-electron chi connectivity index (χ4n) is 3.36. The van der Waals surface area contributed by atoms with Crippen molar-refractivity contribution in [3.05, 3.63) is 53.5 Å². The number of aliphatic hydroxyl groups excluding tert-OH is 1. The fourth-order valence-corrected chi connectivity index (χ4v) is 3.78. The number of amides is 1. The molecular weight excluding hydrogens is 444 g/mol. The lowest BCUT2D eigenvalue weighted by Gasteiger charge is -2.37. The van der Waals surface area contributed by atoms with Crippen LogP contribution in [0.5, 0.6) is 5.88 Å². The van der Waals surface area contributed by atoms with E-state index < -0.39 is 22.2 Å². The minimum atomic E-state index is -3.42. The molecule has 0 aromatic carbocycles. The lowest BCUT2D eigenvalue weighted by atomic mass is 10.0. The summed E-state index contributed by atoms with van der Waals surface area (Å²) in [4.78, 5) is 23.3. The molecule has 33 heavy (non-hydrogen) atoms. The minimum Gasteiger partial charge on any atom is -0.472 e. The van der Waals surface area contributed by atoms with Gasteiger partial charge in [0.1, 0.15) is 11.7 Å². The first-order chi connectivity index (χ1) is 15.6. The van der Waals surface area contributed by atoms with Crippen LogP contribution < -0.4 is 4.74 Å². The van der Waals surface area contributed by atoms with Crippen LogP contribution in [0.15, 0.2) is 36.8 Å². The molecule has 176 valence electrons. The Hall–Kier alpha value is -3.00. The molecule has 2 aromatic heterocycles. The molecular formula is C23H28N4O5S. The lowest BCUT2D eigenvalue weighted by molar-refractivity contribution is 0.0373. The zero-order chi connectivity index (χ0) is 24.2. The van der Waals surface area contributed by atoms with Crippen LogP contribution in [0.4, 0.5) is 0 Å². The van der Waals surface area contributed by atoms with E-state index in [1.54, 1.807) is 36.4 Å². The Morgan fingerprint density at radius 3 is 2.70 bits per heavy atom. The summed E-state index contributed by atoms with van der Waals surface area (Å²) >= 11 is 0. The van der Waals surface area contributed by atoms with Crippen molar-refractivity contribution in [2.75, 3.05) is 33.0 Å². The van der Waals surface area contributed by atoms with Gasteiger partial charge in [0.2, 0.25) is 15.9 Å². The fraction of sp³-hybridized carbons (Fsp3) is 0.435. The smallest absolute Gasteiger partial charge is 0.259 e. The first-order valence-corrected chi connectivity index (χ1v) is 12.4. The first-order valence-electron chi connectivity index (χ1n) is 10.5. The Morgan fingerprint density at radius 1 is 1.33 bits per heavy atom. The van der Waals surface area contributed by atoms with Gasteiger partial charge in [-0.3, -0.25) is 9.78 Å². The second-order valence-electron chi connectivity index (χ2n) is 8.23. The van der Waals surface area contributed by atoms with Crippen LogP contribution in [0, 0.1) is 17.8 Å². The Morgan fingerprint density at radius 2 is 2.06 bits per heavy atom. The van der Waals surface area contributed by atoms with Gasteiger partial charge in [-0.05, 0) is 25.1 Å². The van der Waals surface area contributed by atoms with Gasteiger partial charge >= 0.3 is 0 Å². The van der Waals surface area contributed by atoms with Gasteiger partial charge in [-0.1, -0.05) is 18.8 Å². The van der Waals surface area contributed by atoms with Crippen molar-refractivity contribution in [2.45, 2.75) is 26.0 Å². The van der Waals surface area contributed by atoms with Crippen LogP contribution >= 0.6 is 0 Å². The van der Waals surface area contributed by atoms with E-state index >= 15 is 0 Å². The molecule has 10 heteroatoms. The topological polar surface area (TPSA) is 113 Å². The quantitative estimate of drug-likeness (QED) is 0.646. The summed E-state index contributed by atoms with van der Waals surface area (Å²) in [5, 5.41) is 9.73. The van der Waals surface area contributed by atoms with Crippen LogP contribution in [0.2, 0.25) is 0 Å². The summed E-state index contributed by atoms with van der Waals surface area (Å²) in [7, 11) is -1.94. The van der Waals surface area contributed by atoms with Crippen molar-refractivity contribution in [3.63, 3.8) is 0 Å². The number of carbonyl (C=O) groups excluding carboxylic acids is 1. The van der Waals surface area contributed by atoms with Crippen molar-refractivity contribution in [1.82, 2.24) is 19.2 Å². The molecule has 2 aromatic rings. The maximum atomic E-state index is 13.4. The zero-order valence-corrected chi connectivity index (χ0v) is 19.9. The zero-order valence-electron chi connectivity index (χ0n) is 19.1. The van der Waals surface area contributed by atoms with Crippen LogP contribution in [0.3, 0.4) is 0 Å². The summed E-state index contributed by atoms with van der Waals surface area (Å²) in [6.45, 7) is 3.80. The molecule has 1 aliphatic heterocycles. The number of hydrogen-bond donors (Lipinski definition) is 1. The van der Waals surface area contributed by atoms with Gasteiger partial charge < -0.3 is 14.7 Å². The second-order valence-corrected chi connectivity index (χ2v) is 10.3. The largest absolute Gasteiger partial charge is 0.472 e. The van der Waals surface area contributed by atoms with E-state index in [2.05, 4.69) is 21.8 Å². The van der Waals surface area contributed by atoms with Crippen molar-refractivity contribution in [2.24, 2.45) is 5.92 Å². The molecule has 0 unspecified atom stereocenters. The number of rotatable bonds is 5. The monoisotopic (exact) mass is 472 g/mol. The SMILES string of the molecule is C[C@@H]1CN([C@H](C)CO)C(=O)c2cc(C#Cc3cccnc3)cnc2O[C@H]1CN(C)S(C)(=O)=O. The molecule has 1 aliphatic rings. The molecule has 1 N–H and O–H groups in total. The van der Waals surface area contributed by atoms with E-state index in [0.29, 0.717) is 5.56 Å². The highest BCUT2D eigenvalue weighted by atomic mass is 32.2. The molecule has 9 nitrogen and oxygen atoms in total. The highest BCUT2D eigenvalue weighted by Gasteiger charge is 2.35. The maximum Gasteiger partial charge on any atom is 0.259 e. The summed E-state index contributed by atoms with van der Waals surface area (Å²) in [6, 6.07) is 4.77. The number of carbonyl (C=O) groups is 1. The number of likely N-dealkylation sites (N-methyl/N-ethyl adjacent to an activating group) is 1. The molecule has 1 amide bonds. The Bertz CT molecular complexity index is 1160. The molecule has 0 aliphatic carbocycles. The normalized spacial score (nSPS) is 19.6. The van der Waals surface area contributed by atoms with E-state index in [4.69, 9.17) is 4.74 Å². The average Bonchev–Trinajstić information content (AvgIpc) is 2.79. The highest BCUT2D eigenvalue weighted by Crippen LogP contribution is 2.27. The Labute approximate surface area is 194 Å². The molecule has 3 rings (SSSR count). The number of aromatic nitrogens is 2. The van der Waals surface area contributed by atoms with Gasteiger partial charge in [0, 0.05) is 49.2 Å². The van der Waals surface area contributed by atoms with Crippen LogP contribution in [-0.2, 0) is 10.0 Å². The van der Waals surface area contributed by atoms with Gasteiger partial charge in [-0.2, -0.15) is 0 Å². The number of nitrogens with zero attached hydrogens (tertiary/aromatic N) is 4. The van der Waals surface area contributed by atoms with Gasteiger partial charge in [-0.15, -0.1) is 0 Å². The summed E-state index contributed by atoms with van der Waals surface area (Å²) < 4.78 is 31.2. The number of ether oxygens (including phenoxy) is 1. The Kier molecular flexibility index (Phi) is 7.68. The van der Waals surface area contributed by atoms with E-state index in [1.165, 1.54) is 17.5 Å². The van der Waals surface area contributed by atoms with Crippen molar-refractivity contribution >= 4 is 15.9 Å². The first kappa shape index (κ1) is 24.6. The number of fused-ring (bicyclic) bond motifs is 1. The Balaban J connectivity index is 2.01. The van der Waals surface area contributed by atoms with Gasteiger partial charge in [0.25, 0.3) is 5.91 Å². The third kappa shape index (κ3) is 6.07. The van der Waals surface area contributed by atoms with Crippen LogP contribution in [0.1, 0.15) is 35.3 Å². The number of hydrogen-bond acceptors (Lipinski definition) is 7. The van der Waals surface area contributed by atoms with E-state index in [9.17, 15) is 18.3 Å². The number of aliphatic hydroxyl groups is 1. The highest BCUT2D eigenvalue weighted by molar-refractivity contribution is 7.88. The summed E-state index contributed by atoms with van der Waals surface area (Å²) in [5.74, 6) is 5.53. The number of sulfonamides is 1. The van der Waals surface area contributed by atoms with Gasteiger partial charge in [-0.25, -0.2) is 17.7 Å². The van der Waals surface area contributed by atoms with Gasteiger partial charge in [0.15, 0.2) is 0 Å². The lowest BCUT2D eigenvalue weighted by Crippen LogP contribution is -2.50. The van der Waals surface area contributed by atoms with Crippen LogP contribution in [-0.4, -0.2) is 83.8 Å². The molecule has 0 radical (unpaired) electrons. The molecule has 0 spiro atoms. The third-order valence-electron chi connectivity index (χ3n) is 5.54. The third-order valence-corrected chi connectivity index (χ3v) is 6.82. The number of pyridine rings is 2. The minimum absolute atomic E-state index is 0.0964. The van der Waals surface area contributed by atoms with E-state index in [-0.39, 0.29) is 43.0 Å². The average molecular weight is 473 g/mol.